The summed E-state index contributed by atoms with van der Waals surface area (Å²) < 4.78 is 5.59. The molecule has 2 heteroatoms. The minimum Gasteiger partial charge on any atom is -0.494 e. The van der Waals surface area contributed by atoms with E-state index in [1.807, 2.05) is 30.5 Å². The molecule has 0 heterocycles. The summed E-state index contributed by atoms with van der Waals surface area (Å²) in [4.78, 5) is 4.55. The predicted molar refractivity (Wildman–Crippen MR) is 104 cm³/mol. The molecule has 0 aliphatic rings. The van der Waals surface area contributed by atoms with Crippen LogP contribution in [0.2, 0.25) is 0 Å². The third-order valence-corrected chi connectivity index (χ3v) is 3.97. The highest BCUT2D eigenvalue weighted by molar-refractivity contribution is 5.82. The fraction of sp³-hybridized carbons (Fsp3) is 0.409. The molecule has 2 aromatic rings. The molecule has 0 N–H and O–H groups in total. The van der Waals surface area contributed by atoms with Crippen LogP contribution < -0.4 is 4.74 Å². The average Bonchev–Trinajstić information content (AvgIpc) is 2.64. The number of aliphatic imine (C=N–C) groups is 1. The largest absolute Gasteiger partial charge is 0.494 e. The molecule has 0 aliphatic heterocycles. The van der Waals surface area contributed by atoms with Gasteiger partial charge in [-0.15, -0.1) is 0 Å². The van der Waals surface area contributed by atoms with Crippen molar-refractivity contribution in [1.29, 1.82) is 0 Å². The predicted octanol–water partition coefficient (Wildman–Crippen LogP) is 6.35. The lowest BCUT2D eigenvalue weighted by atomic mass is 10.1. The number of unbranched alkanes of at least 4 members (excludes halogenated alkanes) is 3. The summed E-state index contributed by atoms with van der Waals surface area (Å²) >= 11 is 0. The molecule has 0 saturated heterocycles. The first-order chi connectivity index (χ1) is 11.8. The van der Waals surface area contributed by atoms with E-state index < -0.39 is 0 Å². The van der Waals surface area contributed by atoms with Gasteiger partial charge < -0.3 is 4.74 Å². The highest BCUT2D eigenvalue weighted by Gasteiger charge is 1.96. The van der Waals surface area contributed by atoms with Crippen LogP contribution in [0, 0.1) is 0 Å². The van der Waals surface area contributed by atoms with Crippen molar-refractivity contribution in [2.75, 3.05) is 6.61 Å². The number of ether oxygens (including phenoxy) is 1. The van der Waals surface area contributed by atoms with E-state index in [0.717, 1.165) is 30.0 Å². The van der Waals surface area contributed by atoms with E-state index >= 15 is 0 Å². The number of rotatable bonds is 10. The van der Waals surface area contributed by atoms with Crippen molar-refractivity contribution in [3.8, 4) is 5.75 Å². The SMILES string of the molecule is CCCCCCc1ccc(N=Cc2ccc(OCCC)cc2)cc1. The van der Waals surface area contributed by atoms with Gasteiger partial charge in [-0.3, -0.25) is 4.99 Å². The number of aryl methyl sites for hydroxylation is 1. The van der Waals surface area contributed by atoms with Gasteiger partial charge in [-0.05, 0) is 66.8 Å². The van der Waals surface area contributed by atoms with E-state index in [4.69, 9.17) is 4.74 Å². The second-order valence-electron chi connectivity index (χ2n) is 6.15. The Kier molecular flexibility index (Phi) is 8.09. The Balaban J connectivity index is 1.85. The molecule has 24 heavy (non-hydrogen) atoms. The summed E-state index contributed by atoms with van der Waals surface area (Å²) in [6.07, 6.45) is 9.34. The number of hydrogen-bond acceptors (Lipinski definition) is 2. The second kappa shape index (κ2) is 10.6. The molecular formula is C22H29NO. The summed E-state index contributed by atoms with van der Waals surface area (Å²) in [7, 11) is 0. The van der Waals surface area contributed by atoms with Gasteiger partial charge in [0, 0.05) is 6.21 Å². The lowest BCUT2D eigenvalue weighted by Crippen LogP contribution is -1.94. The molecule has 2 rings (SSSR count). The van der Waals surface area contributed by atoms with Gasteiger partial charge in [-0.2, -0.15) is 0 Å². The van der Waals surface area contributed by atoms with E-state index in [9.17, 15) is 0 Å². The molecular weight excluding hydrogens is 294 g/mol. The van der Waals surface area contributed by atoms with Crippen molar-refractivity contribution in [2.24, 2.45) is 4.99 Å². The van der Waals surface area contributed by atoms with Gasteiger partial charge in [0.2, 0.25) is 0 Å². The molecule has 0 amide bonds. The Morgan fingerprint density at radius 1 is 0.833 bits per heavy atom. The molecule has 2 nitrogen and oxygen atoms in total. The smallest absolute Gasteiger partial charge is 0.119 e. The number of hydrogen-bond donors (Lipinski definition) is 0. The third-order valence-electron chi connectivity index (χ3n) is 3.97. The zero-order chi connectivity index (χ0) is 17.0. The lowest BCUT2D eigenvalue weighted by Gasteiger charge is -2.04. The van der Waals surface area contributed by atoms with Gasteiger partial charge in [0.1, 0.15) is 5.75 Å². The molecule has 0 fully saturated rings. The van der Waals surface area contributed by atoms with Crippen molar-refractivity contribution in [3.05, 3.63) is 59.7 Å². The van der Waals surface area contributed by atoms with Crippen molar-refractivity contribution < 1.29 is 4.74 Å². The average molecular weight is 323 g/mol. The zero-order valence-corrected chi connectivity index (χ0v) is 15.0. The summed E-state index contributed by atoms with van der Waals surface area (Å²) in [6, 6.07) is 16.7. The first kappa shape index (κ1) is 18.3. The van der Waals surface area contributed by atoms with Crippen molar-refractivity contribution in [2.45, 2.75) is 52.4 Å². The van der Waals surface area contributed by atoms with Crippen molar-refractivity contribution >= 4 is 11.9 Å². The molecule has 0 bridgehead atoms. The van der Waals surface area contributed by atoms with E-state index in [0.29, 0.717) is 0 Å². The van der Waals surface area contributed by atoms with Gasteiger partial charge in [0.15, 0.2) is 0 Å². The minimum absolute atomic E-state index is 0.762. The molecule has 0 atom stereocenters. The van der Waals surface area contributed by atoms with Crippen molar-refractivity contribution in [1.82, 2.24) is 0 Å². The van der Waals surface area contributed by atoms with Crippen LogP contribution in [0.15, 0.2) is 53.5 Å². The van der Waals surface area contributed by atoms with E-state index in [-0.39, 0.29) is 0 Å². The van der Waals surface area contributed by atoms with Crippen LogP contribution in [0.3, 0.4) is 0 Å². The van der Waals surface area contributed by atoms with Crippen LogP contribution in [-0.2, 0) is 6.42 Å². The van der Waals surface area contributed by atoms with E-state index in [1.165, 1.54) is 37.7 Å². The Labute approximate surface area is 146 Å². The monoisotopic (exact) mass is 323 g/mol. The van der Waals surface area contributed by atoms with Crippen LogP contribution in [0.4, 0.5) is 5.69 Å². The number of benzene rings is 2. The quantitative estimate of drug-likeness (QED) is 0.369. The highest BCUT2D eigenvalue weighted by Crippen LogP contribution is 2.16. The first-order valence-corrected chi connectivity index (χ1v) is 9.17. The van der Waals surface area contributed by atoms with Crippen LogP contribution in [0.1, 0.15) is 57.1 Å². The lowest BCUT2D eigenvalue weighted by molar-refractivity contribution is 0.317. The van der Waals surface area contributed by atoms with Gasteiger partial charge >= 0.3 is 0 Å². The topological polar surface area (TPSA) is 21.6 Å². The first-order valence-electron chi connectivity index (χ1n) is 9.17. The summed E-state index contributed by atoms with van der Waals surface area (Å²) in [6.45, 7) is 5.12. The Bertz CT molecular complexity index is 599. The van der Waals surface area contributed by atoms with Crippen molar-refractivity contribution in [3.63, 3.8) is 0 Å². The fourth-order valence-corrected chi connectivity index (χ4v) is 2.52. The molecule has 2 aromatic carbocycles. The van der Waals surface area contributed by atoms with E-state index in [1.54, 1.807) is 0 Å². The standard InChI is InChI=1S/C22H29NO/c1-3-5-6-7-8-19-9-13-21(14-10-19)23-18-20-11-15-22(16-12-20)24-17-4-2/h9-16,18H,3-8,17H2,1-2H3. The van der Waals surface area contributed by atoms with Crippen LogP contribution >= 0.6 is 0 Å². The Hall–Kier alpha value is -2.09. The van der Waals surface area contributed by atoms with Gasteiger partial charge in [-0.25, -0.2) is 0 Å². The maximum atomic E-state index is 5.59. The summed E-state index contributed by atoms with van der Waals surface area (Å²) in [5, 5.41) is 0. The highest BCUT2D eigenvalue weighted by atomic mass is 16.5. The molecule has 0 spiro atoms. The van der Waals surface area contributed by atoms with E-state index in [2.05, 4.69) is 43.1 Å². The van der Waals surface area contributed by atoms with Gasteiger partial charge in [-0.1, -0.05) is 45.2 Å². The third kappa shape index (κ3) is 6.57. The molecule has 0 aliphatic carbocycles. The fourth-order valence-electron chi connectivity index (χ4n) is 2.52. The number of nitrogens with zero attached hydrogens (tertiary/aromatic N) is 1. The van der Waals surface area contributed by atoms with Gasteiger partial charge in [0.05, 0.1) is 12.3 Å². The van der Waals surface area contributed by atoms with Crippen LogP contribution in [0.5, 0.6) is 5.75 Å². The van der Waals surface area contributed by atoms with Gasteiger partial charge in [0.25, 0.3) is 0 Å². The molecule has 0 unspecified atom stereocenters. The maximum absolute atomic E-state index is 5.59. The minimum atomic E-state index is 0.762. The Morgan fingerprint density at radius 3 is 2.25 bits per heavy atom. The second-order valence-corrected chi connectivity index (χ2v) is 6.15. The maximum Gasteiger partial charge on any atom is 0.119 e. The summed E-state index contributed by atoms with van der Waals surface area (Å²) in [5.74, 6) is 0.918. The summed E-state index contributed by atoms with van der Waals surface area (Å²) in [5.41, 5.74) is 3.49. The molecule has 128 valence electrons. The Morgan fingerprint density at radius 2 is 1.58 bits per heavy atom. The van der Waals surface area contributed by atoms with Crippen LogP contribution in [-0.4, -0.2) is 12.8 Å². The molecule has 0 aromatic heterocycles. The normalized spacial score (nSPS) is 11.1. The molecule has 0 saturated carbocycles. The molecule has 0 radical (unpaired) electrons. The zero-order valence-electron chi connectivity index (χ0n) is 15.0. The van der Waals surface area contributed by atoms with Crippen LogP contribution in [0.25, 0.3) is 0 Å².